The van der Waals surface area contributed by atoms with Crippen LogP contribution in [0.5, 0.6) is 0 Å². The van der Waals surface area contributed by atoms with E-state index in [9.17, 15) is 4.79 Å². The van der Waals surface area contributed by atoms with E-state index in [4.69, 9.17) is 16.3 Å². The van der Waals surface area contributed by atoms with Gasteiger partial charge in [0.25, 0.3) is 0 Å². The van der Waals surface area contributed by atoms with Crippen molar-refractivity contribution in [3.05, 3.63) is 22.1 Å². The van der Waals surface area contributed by atoms with Crippen LogP contribution in [0.1, 0.15) is 36.3 Å². The van der Waals surface area contributed by atoms with Crippen molar-refractivity contribution in [2.45, 2.75) is 39.2 Å². The summed E-state index contributed by atoms with van der Waals surface area (Å²) in [6.07, 6.45) is 4.41. The number of aliphatic imine (C=N–C) groups is 1. The molecule has 1 saturated heterocycles. The maximum atomic E-state index is 12.9. The number of rotatable bonds is 3. The third-order valence-electron chi connectivity index (χ3n) is 4.88. The Labute approximate surface area is 152 Å². The summed E-state index contributed by atoms with van der Waals surface area (Å²) >= 11 is 8.01. The van der Waals surface area contributed by atoms with Gasteiger partial charge in [0.2, 0.25) is 5.91 Å². The van der Waals surface area contributed by atoms with E-state index >= 15 is 0 Å². The third-order valence-corrected chi connectivity index (χ3v) is 6.48. The van der Waals surface area contributed by atoms with Crippen molar-refractivity contribution < 1.29 is 9.53 Å². The van der Waals surface area contributed by atoms with E-state index in [0.717, 1.165) is 34.9 Å². The fourth-order valence-electron chi connectivity index (χ4n) is 3.57. The normalized spacial score (nSPS) is 24.6. The lowest BCUT2D eigenvalue weighted by Gasteiger charge is -2.36. The lowest BCUT2D eigenvalue weighted by atomic mass is 9.85. The highest BCUT2D eigenvalue weighted by Gasteiger charge is 2.34. The summed E-state index contributed by atoms with van der Waals surface area (Å²) in [5.41, 5.74) is 2.27. The van der Waals surface area contributed by atoms with Gasteiger partial charge in [-0.3, -0.25) is 9.79 Å². The van der Waals surface area contributed by atoms with Crippen LogP contribution in [-0.4, -0.2) is 43.3 Å². The maximum absolute atomic E-state index is 12.9. The summed E-state index contributed by atoms with van der Waals surface area (Å²) in [6, 6.07) is 0.161. The monoisotopic (exact) mass is 366 g/mol. The van der Waals surface area contributed by atoms with Crippen LogP contribution in [0.4, 0.5) is 5.00 Å². The lowest BCUT2D eigenvalue weighted by molar-refractivity contribution is -0.143. The Morgan fingerprint density at radius 1 is 1.54 bits per heavy atom. The first kappa shape index (κ1) is 17.6. The molecule has 0 spiro atoms. The molecule has 0 radical (unpaired) electrons. The van der Waals surface area contributed by atoms with Crippen molar-refractivity contribution in [3.8, 4) is 0 Å². The zero-order valence-corrected chi connectivity index (χ0v) is 15.8. The van der Waals surface area contributed by atoms with Crippen LogP contribution in [0.3, 0.4) is 0 Å². The lowest BCUT2D eigenvalue weighted by Crippen LogP contribution is -2.50. The first-order valence-corrected chi connectivity index (χ1v) is 9.57. The van der Waals surface area contributed by atoms with Gasteiger partial charge in [-0.15, -0.1) is 11.3 Å². The van der Waals surface area contributed by atoms with Gasteiger partial charge < -0.3 is 9.64 Å². The summed E-state index contributed by atoms with van der Waals surface area (Å²) in [4.78, 5) is 20.3. The zero-order valence-electron chi connectivity index (χ0n) is 14.2. The van der Waals surface area contributed by atoms with Gasteiger partial charge in [-0.05, 0) is 45.4 Å². The Bertz CT molecular complexity index is 683. The van der Waals surface area contributed by atoms with Gasteiger partial charge >= 0.3 is 0 Å². The van der Waals surface area contributed by atoms with E-state index in [-0.39, 0.29) is 17.9 Å². The van der Waals surface area contributed by atoms with Crippen molar-refractivity contribution in [1.82, 2.24) is 4.90 Å². The molecule has 1 aromatic rings. The first-order valence-electron chi connectivity index (χ1n) is 8.38. The minimum absolute atomic E-state index is 0.0478. The highest BCUT2D eigenvalue weighted by molar-refractivity contribution is 7.16. The van der Waals surface area contributed by atoms with E-state index in [1.807, 2.05) is 17.9 Å². The molecule has 4 nitrogen and oxygen atoms in total. The summed E-state index contributed by atoms with van der Waals surface area (Å²) in [7, 11) is 0. The predicted octanol–water partition coefficient (Wildman–Crippen LogP) is 4.03. The SMILES string of the molecule is C=Nc1sc2c(c1C(Cl)=CC)CCC(C(=O)N1CCOCC1C)C2. The van der Waals surface area contributed by atoms with Crippen molar-refractivity contribution in [2.75, 3.05) is 19.8 Å². The van der Waals surface area contributed by atoms with E-state index in [0.29, 0.717) is 19.8 Å². The number of halogens is 1. The molecule has 1 aliphatic heterocycles. The van der Waals surface area contributed by atoms with Gasteiger partial charge in [-0.1, -0.05) is 17.7 Å². The van der Waals surface area contributed by atoms with Gasteiger partial charge in [0.15, 0.2) is 0 Å². The molecule has 0 N–H and O–H groups in total. The maximum Gasteiger partial charge on any atom is 0.226 e. The number of fused-ring (bicyclic) bond motifs is 1. The van der Waals surface area contributed by atoms with Gasteiger partial charge in [0, 0.05) is 27.9 Å². The number of hydrogen-bond acceptors (Lipinski definition) is 4. The van der Waals surface area contributed by atoms with Crippen LogP contribution in [0, 0.1) is 5.92 Å². The fourth-order valence-corrected chi connectivity index (χ4v) is 5.08. The average molecular weight is 367 g/mol. The molecule has 0 bridgehead atoms. The fraction of sp³-hybridized carbons (Fsp3) is 0.556. The van der Waals surface area contributed by atoms with Gasteiger partial charge in [-0.2, -0.15) is 0 Å². The molecular weight excluding hydrogens is 344 g/mol. The second-order valence-corrected chi connectivity index (χ2v) is 7.86. The standard InChI is InChI=1S/C18H23ClN2O2S/c1-4-14(19)16-13-6-5-12(9-15(13)24-17(16)20-3)18(22)21-7-8-23-10-11(21)2/h4,11-12H,3,5-10H2,1-2H3. The smallest absolute Gasteiger partial charge is 0.226 e. The highest BCUT2D eigenvalue weighted by atomic mass is 35.5. The Morgan fingerprint density at radius 3 is 3.00 bits per heavy atom. The molecule has 130 valence electrons. The number of ether oxygens (including phenoxy) is 1. The van der Waals surface area contributed by atoms with E-state index in [2.05, 4.69) is 18.6 Å². The molecule has 2 heterocycles. The Morgan fingerprint density at radius 2 is 2.33 bits per heavy atom. The Hall–Kier alpha value is -1.17. The Kier molecular flexibility index (Phi) is 5.42. The summed E-state index contributed by atoms with van der Waals surface area (Å²) < 4.78 is 5.45. The van der Waals surface area contributed by atoms with Crippen LogP contribution >= 0.6 is 22.9 Å². The second kappa shape index (κ2) is 7.38. The van der Waals surface area contributed by atoms with Gasteiger partial charge in [0.1, 0.15) is 5.00 Å². The first-order chi connectivity index (χ1) is 11.6. The van der Waals surface area contributed by atoms with Gasteiger partial charge in [0.05, 0.1) is 19.3 Å². The van der Waals surface area contributed by atoms with Crippen LogP contribution in [-0.2, 0) is 22.4 Å². The summed E-state index contributed by atoms with van der Waals surface area (Å²) in [6.45, 7) is 9.62. The minimum Gasteiger partial charge on any atom is -0.377 e. The quantitative estimate of drug-likeness (QED) is 0.758. The van der Waals surface area contributed by atoms with E-state index in [1.165, 1.54) is 10.4 Å². The minimum atomic E-state index is 0.0478. The second-order valence-electron chi connectivity index (χ2n) is 6.37. The molecule has 2 atom stereocenters. The number of hydrogen-bond donors (Lipinski definition) is 0. The Balaban J connectivity index is 1.83. The summed E-state index contributed by atoms with van der Waals surface area (Å²) in [5.74, 6) is 0.309. The molecule has 1 fully saturated rings. The molecule has 3 rings (SSSR count). The molecule has 1 aliphatic carbocycles. The number of thiophene rings is 1. The van der Waals surface area contributed by atoms with E-state index < -0.39 is 0 Å². The molecular formula is C18H23ClN2O2S. The van der Waals surface area contributed by atoms with Gasteiger partial charge in [-0.25, -0.2) is 0 Å². The summed E-state index contributed by atoms with van der Waals surface area (Å²) in [5, 5.41) is 1.59. The number of nitrogens with zero attached hydrogens (tertiary/aromatic N) is 2. The molecule has 6 heteroatoms. The van der Waals surface area contributed by atoms with Crippen molar-refractivity contribution in [3.63, 3.8) is 0 Å². The largest absolute Gasteiger partial charge is 0.377 e. The molecule has 2 unspecified atom stereocenters. The zero-order chi connectivity index (χ0) is 17.3. The molecule has 1 amide bonds. The molecule has 24 heavy (non-hydrogen) atoms. The highest BCUT2D eigenvalue weighted by Crippen LogP contribution is 2.45. The number of carbonyl (C=O) groups excluding carboxylic acids is 1. The van der Waals surface area contributed by atoms with Crippen LogP contribution in [0.15, 0.2) is 11.1 Å². The van der Waals surface area contributed by atoms with Crippen molar-refractivity contribution >= 4 is 45.6 Å². The number of morpholine rings is 1. The predicted molar refractivity (Wildman–Crippen MR) is 101 cm³/mol. The van der Waals surface area contributed by atoms with Crippen molar-refractivity contribution in [2.24, 2.45) is 10.9 Å². The molecule has 1 aromatic heterocycles. The van der Waals surface area contributed by atoms with E-state index in [1.54, 1.807) is 11.3 Å². The van der Waals surface area contributed by atoms with Crippen LogP contribution < -0.4 is 0 Å². The number of allylic oxidation sites excluding steroid dienone is 1. The van der Waals surface area contributed by atoms with Crippen LogP contribution in [0.25, 0.3) is 5.03 Å². The van der Waals surface area contributed by atoms with Crippen LogP contribution in [0.2, 0.25) is 0 Å². The topological polar surface area (TPSA) is 41.9 Å². The third kappa shape index (κ3) is 3.17. The number of carbonyl (C=O) groups is 1. The average Bonchev–Trinajstić information content (AvgIpc) is 2.98. The molecule has 0 saturated carbocycles. The molecule has 0 aromatic carbocycles. The number of amides is 1. The van der Waals surface area contributed by atoms with Crippen molar-refractivity contribution in [1.29, 1.82) is 0 Å². The molecule has 2 aliphatic rings.